The first-order valence-corrected chi connectivity index (χ1v) is 6.42. The van der Waals surface area contributed by atoms with Gasteiger partial charge in [0.2, 0.25) is 0 Å². The summed E-state index contributed by atoms with van der Waals surface area (Å²) in [6.07, 6.45) is 0. The number of halogens is 1. The first kappa shape index (κ1) is 14.8. The second kappa shape index (κ2) is 6.23. The fourth-order valence-electron chi connectivity index (χ4n) is 1.77. The Morgan fingerprint density at radius 2 is 2.05 bits per heavy atom. The molecule has 0 saturated carbocycles. The number of benzene rings is 2. The maximum Gasteiger partial charge on any atom is 0.292 e. The Morgan fingerprint density at radius 3 is 2.71 bits per heavy atom. The number of hydrogen-bond donors (Lipinski definition) is 2. The van der Waals surface area contributed by atoms with Gasteiger partial charge in [-0.1, -0.05) is 23.7 Å². The Hall–Kier alpha value is -2.60. The van der Waals surface area contributed by atoms with Gasteiger partial charge in [0, 0.05) is 23.2 Å². The summed E-state index contributed by atoms with van der Waals surface area (Å²) >= 11 is 5.85. The summed E-state index contributed by atoms with van der Waals surface area (Å²) in [4.78, 5) is 22.2. The van der Waals surface area contributed by atoms with Crippen molar-refractivity contribution in [2.75, 3.05) is 5.73 Å². The first-order chi connectivity index (χ1) is 9.97. The average molecular weight is 306 g/mol. The van der Waals surface area contributed by atoms with Crippen molar-refractivity contribution >= 4 is 28.9 Å². The lowest BCUT2D eigenvalue weighted by Gasteiger charge is -2.06. The standard InChI is InChI=1S/C14H12ClN3O3/c15-11-3-1-2-9(6-11)8-17-14(19)10-4-5-12(16)13(7-10)18(20)21/h1-7H,8,16H2,(H,17,19). The van der Waals surface area contributed by atoms with Crippen LogP contribution in [0.1, 0.15) is 15.9 Å². The number of rotatable bonds is 4. The third-order valence-corrected chi connectivity index (χ3v) is 3.07. The number of nitrogen functional groups attached to an aromatic ring is 1. The Labute approximate surface area is 125 Å². The van der Waals surface area contributed by atoms with Crippen molar-refractivity contribution in [3.05, 3.63) is 68.7 Å². The lowest BCUT2D eigenvalue weighted by atomic mass is 10.1. The lowest BCUT2D eigenvalue weighted by molar-refractivity contribution is -0.383. The van der Waals surface area contributed by atoms with Crippen LogP contribution in [0.3, 0.4) is 0 Å². The fraction of sp³-hybridized carbons (Fsp3) is 0.0714. The monoisotopic (exact) mass is 305 g/mol. The molecule has 108 valence electrons. The molecular weight excluding hydrogens is 294 g/mol. The lowest BCUT2D eigenvalue weighted by Crippen LogP contribution is -2.22. The van der Waals surface area contributed by atoms with E-state index in [0.717, 1.165) is 11.6 Å². The third-order valence-electron chi connectivity index (χ3n) is 2.83. The normalized spacial score (nSPS) is 10.1. The molecule has 2 rings (SSSR count). The molecule has 1 amide bonds. The smallest absolute Gasteiger partial charge is 0.292 e. The van der Waals surface area contributed by atoms with Gasteiger partial charge in [-0.05, 0) is 29.8 Å². The quantitative estimate of drug-likeness (QED) is 0.515. The predicted octanol–water partition coefficient (Wildman–Crippen LogP) is 2.76. The molecule has 0 radical (unpaired) electrons. The van der Waals surface area contributed by atoms with Crippen LogP contribution in [0.25, 0.3) is 0 Å². The molecule has 2 aromatic rings. The second-order valence-corrected chi connectivity index (χ2v) is 4.78. The first-order valence-electron chi connectivity index (χ1n) is 6.04. The van der Waals surface area contributed by atoms with Gasteiger partial charge in [0.25, 0.3) is 11.6 Å². The topological polar surface area (TPSA) is 98.3 Å². The maximum atomic E-state index is 12.0. The maximum absolute atomic E-state index is 12.0. The van der Waals surface area contributed by atoms with E-state index in [1.165, 1.54) is 12.1 Å². The minimum absolute atomic E-state index is 0.0198. The number of carbonyl (C=O) groups excluding carboxylic acids is 1. The highest BCUT2D eigenvalue weighted by Crippen LogP contribution is 2.22. The summed E-state index contributed by atoms with van der Waals surface area (Å²) < 4.78 is 0. The van der Waals surface area contributed by atoms with Crippen molar-refractivity contribution in [2.45, 2.75) is 6.54 Å². The molecule has 0 atom stereocenters. The zero-order chi connectivity index (χ0) is 15.4. The number of nitrogens with zero attached hydrogens (tertiary/aromatic N) is 1. The molecule has 6 nitrogen and oxygen atoms in total. The molecule has 0 aliphatic heterocycles. The number of nitro benzene ring substituents is 1. The van der Waals surface area contributed by atoms with Crippen LogP contribution in [0.15, 0.2) is 42.5 Å². The third kappa shape index (κ3) is 3.70. The number of carbonyl (C=O) groups is 1. The Balaban J connectivity index is 2.10. The van der Waals surface area contributed by atoms with Crippen LogP contribution in [0.4, 0.5) is 11.4 Å². The highest BCUT2D eigenvalue weighted by molar-refractivity contribution is 6.30. The molecule has 0 aliphatic rings. The van der Waals surface area contributed by atoms with Crippen molar-refractivity contribution in [2.24, 2.45) is 0 Å². The van der Waals surface area contributed by atoms with Gasteiger partial charge < -0.3 is 11.1 Å². The van der Waals surface area contributed by atoms with Crippen LogP contribution in [0, 0.1) is 10.1 Å². The number of anilines is 1. The van der Waals surface area contributed by atoms with Crippen LogP contribution in [0.2, 0.25) is 5.02 Å². The van der Waals surface area contributed by atoms with Gasteiger partial charge in [0.15, 0.2) is 0 Å². The van der Waals surface area contributed by atoms with Crippen molar-refractivity contribution in [1.29, 1.82) is 0 Å². The molecule has 0 fully saturated rings. The Bertz CT molecular complexity index is 704. The summed E-state index contributed by atoms with van der Waals surface area (Å²) in [6.45, 7) is 0.275. The molecule has 0 unspecified atom stereocenters. The second-order valence-electron chi connectivity index (χ2n) is 4.34. The zero-order valence-electron chi connectivity index (χ0n) is 10.9. The van der Waals surface area contributed by atoms with Crippen molar-refractivity contribution in [3.8, 4) is 0 Å². The van der Waals surface area contributed by atoms with E-state index >= 15 is 0 Å². The SMILES string of the molecule is Nc1ccc(C(=O)NCc2cccc(Cl)c2)cc1[N+](=O)[O-]. The molecular formula is C14H12ClN3O3. The van der Waals surface area contributed by atoms with E-state index in [4.69, 9.17) is 17.3 Å². The van der Waals surface area contributed by atoms with Gasteiger partial charge in [-0.3, -0.25) is 14.9 Å². The highest BCUT2D eigenvalue weighted by atomic mass is 35.5. The summed E-state index contributed by atoms with van der Waals surface area (Å²) in [7, 11) is 0. The summed E-state index contributed by atoms with van der Waals surface area (Å²) in [5.41, 5.74) is 6.23. The van der Waals surface area contributed by atoms with E-state index < -0.39 is 10.8 Å². The van der Waals surface area contributed by atoms with Crippen molar-refractivity contribution in [1.82, 2.24) is 5.32 Å². The minimum atomic E-state index is -0.622. The molecule has 0 spiro atoms. The number of nitro groups is 1. The molecule has 2 aromatic carbocycles. The van der Waals surface area contributed by atoms with Crippen LogP contribution >= 0.6 is 11.6 Å². The summed E-state index contributed by atoms with van der Waals surface area (Å²) in [5, 5.41) is 14.0. The van der Waals surface area contributed by atoms with Gasteiger partial charge >= 0.3 is 0 Å². The summed E-state index contributed by atoms with van der Waals surface area (Å²) in [6, 6.07) is 11.0. The fourth-order valence-corrected chi connectivity index (χ4v) is 1.99. The van der Waals surface area contributed by atoms with E-state index in [2.05, 4.69) is 5.32 Å². The largest absolute Gasteiger partial charge is 0.393 e. The zero-order valence-corrected chi connectivity index (χ0v) is 11.6. The van der Waals surface area contributed by atoms with Gasteiger partial charge in [0.1, 0.15) is 5.69 Å². The Morgan fingerprint density at radius 1 is 1.29 bits per heavy atom. The molecule has 0 heterocycles. The highest BCUT2D eigenvalue weighted by Gasteiger charge is 2.15. The van der Waals surface area contributed by atoms with E-state index in [1.807, 2.05) is 6.07 Å². The molecule has 0 aliphatic carbocycles. The molecule has 21 heavy (non-hydrogen) atoms. The van der Waals surface area contributed by atoms with Crippen molar-refractivity contribution < 1.29 is 9.72 Å². The number of nitrogens with one attached hydrogen (secondary N) is 1. The molecule has 7 heteroatoms. The number of amides is 1. The van der Waals surface area contributed by atoms with Crippen LogP contribution in [0.5, 0.6) is 0 Å². The molecule has 3 N–H and O–H groups in total. The summed E-state index contributed by atoms with van der Waals surface area (Å²) in [5.74, 6) is -0.418. The Kier molecular flexibility index (Phi) is 4.39. The average Bonchev–Trinajstić information content (AvgIpc) is 2.45. The number of nitrogens with two attached hydrogens (primary N) is 1. The van der Waals surface area contributed by atoms with Gasteiger partial charge in [-0.15, -0.1) is 0 Å². The predicted molar refractivity (Wildman–Crippen MR) is 80.1 cm³/mol. The van der Waals surface area contributed by atoms with Gasteiger partial charge in [-0.25, -0.2) is 0 Å². The van der Waals surface area contributed by atoms with E-state index in [9.17, 15) is 14.9 Å². The molecule has 0 saturated heterocycles. The van der Waals surface area contributed by atoms with Crippen LogP contribution in [-0.2, 0) is 6.54 Å². The molecule has 0 aromatic heterocycles. The van der Waals surface area contributed by atoms with Gasteiger partial charge in [0.05, 0.1) is 4.92 Å². The number of hydrogen-bond acceptors (Lipinski definition) is 4. The van der Waals surface area contributed by atoms with Crippen molar-refractivity contribution in [3.63, 3.8) is 0 Å². The van der Waals surface area contributed by atoms with Crippen LogP contribution < -0.4 is 11.1 Å². The van der Waals surface area contributed by atoms with Gasteiger partial charge in [-0.2, -0.15) is 0 Å². The van der Waals surface area contributed by atoms with E-state index in [1.54, 1.807) is 18.2 Å². The van der Waals surface area contributed by atoms with E-state index in [0.29, 0.717) is 5.02 Å². The minimum Gasteiger partial charge on any atom is -0.393 e. The molecule has 0 bridgehead atoms. The van der Waals surface area contributed by atoms with Crippen LogP contribution in [-0.4, -0.2) is 10.8 Å². The van der Waals surface area contributed by atoms with E-state index in [-0.39, 0.29) is 23.5 Å².